The largest absolute Gasteiger partial charge is 0.370 e. The van der Waals surface area contributed by atoms with E-state index in [4.69, 9.17) is 0 Å². The fourth-order valence-electron chi connectivity index (χ4n) is 1.99. The van der Waals surface area contributed by atoms with Crippen molar-refractivity contribution >= 4 is 5.82 Å². The summed E-state index contributed by atoms with van der Waals surface area (Å²) in [6.45, 7) is 7.36. The van der Waals surface area contributed by atoms with Gasteiger partial charge in [0.1, 0.15) is 5.82 Å². The van der Waals surface area contributed by atoms with Gasteiger partial charge in [-0.1, -0.05) is 26.8 Å². The van der Waals surface area contributed by atoms with Gasteiger partial charge in [0, 0.05) is 12.2 Å². The lowest BCUT2D eigenvalue weighted by Crippen LogP contribution is -2.07. The van der Waals surface area contributed by atoms with Crippen LogP contribution in [0.5, 0.6) is 0 Å². The second-order valence-corrected chi connectivity index (χ2v) is 4.55. The van der Waals surface area contributed by atoms with Gasteiger partial charge in [0.05, 0.1) is 5.69 Å². The fraction of sp³-hybridized carbons (Fsp3) is 0.467. The van der Waals surface area contributed by atoms with E-state index in [9.17, 15) is 0 Å². The molecular formula is C15H22N4. The number of hydrogen-bond acceptors (Lipinski definition) is 3. The molecule has 1 N–H and O–H groups in total. The lowest BCUT2D eigenvalue weighted by Gasteiger charge is -2.08. The van der Waals surface area contributed by atoms with Gasteiger partial charge in [0.25, 0.3) is 0 Å². The summed E-state index contributed by atoms with van der Waals surface area (Å²) in [4.78, 5) is 4.63. The van der Waals surface area contributed by atoms with E-state index in [0.717, 1.165) is 43.1 Å². The van der Waals surface area contributed by atoms with Crippen LogP contribution in [-0.4, -0.2) is 21.3 Å². The third-order valence-electron chi connectivity index (χ3n) is 3.07. The molecule has 0 saturated heterocycles. The van der Waals surface area contributed by atoms with E-state index >= 15 is 0 Å². The Hall–Kier alpha value is -1.84. The summed E-state index contributed by atoms with van der Waals surface area (Å²) < 4.78 is 1.95. The Balaban J connectivity index is 2.32. The van der Waals surface area contributed by atoms with E-state index in [0.29, 0.717) is 0 Å². The number of nitrogens with zero attached hydrogens (tertiary/aromatic N) is 3. The number of anilines is 1. The van der Waals surface area contributed by atoms with E-state index in [1.807, 2.05) is 22.9 Å². The van der Waals surface area contributed by atoms with Crippen LogP contribution in [0.4, 0.5) is 5.82 Å². The van der Waals surface area contributed by atoms with Gasteiger partial charge in [-0.05, 0) is 37.5 Å². The first-order valence-corrected chi connectivity index (χ1v) is 7.07. The minimum atomic E-state index is 0.887. The molecule has 2 aromatic heterocycles. The van der Waals surface area contributed by atoms with Gasteiger partial charge in [-0.2, -0.15) is 5.10 Å². The van der Waals surface area contributed by atoms with E-state index in [2.05, 4.69) is 42.2 Å². The van der Waals surface area contributed by atoms with E-state index < -0.39 is 0 Å². The molecule has 2 aromatic rings. The Labute approximate surface area is 114 Å². The van der Waals surface area contributed by atoms with Gasteiger partial charge in [-0.3, -0.25) is 0 Å². The summed E-state index contributed by atoms with van der Waals surface area (Å²) in [6, 6.07) is 8.18. The molecule has 4 nitrogen and oxygen atoms in total. The normalized spacial score (nSPS) is 10.7. The zero-order valence-corrected chi connectivity index (χ0v) is 12.0. The highest BCUT2D eigenvalue weighted by Gasteiger charge is 2.08. The lowest BCUT2D eigenvalue weighted by atomic mass is 10.2. The first-order valence-electron chi connectivity index (χ1n) is 7.07. The number of pyridine rings is 1. The van der Waals surface area contributed by atoms with Crippen molar-refractivity contribution in [2.75, 3.05) is 11.9 Å². The third kappa shape index (κ3) is 3.13. The molecule has 0 unspecified atom stereocenters. The minimum Gasteiger partial charge on any atom is -0.370 e. The Bertz CT molecular complexity index is 531. The average molecular weight is 258 g/mol. The smallest absolute Gasteiger partial charge is 0.156 e. The predicted octanol–water partition coefficient (Wildman–Crippen LogP) is 3.21. The van der Waals surface area contributed by atoms with Crippen molar-refractivity contribution in [3.05, 3.63) is 35.7 Å². The topological polar surface area (TPSA) is 42.7 Å². The standard InChI is InChI=1S/C15H22N4/c1-4-10-16-14-8-7-9-15(17-14)19-13(6-3)11-12(5-2)18-19/h7-9,11H,4-6,10H2,1-3H3,(H,16,17). The summed E-state index contributed by atoms with van der Waals surface area (Å²) in [5.41, 5.74) is 2.32. The molecule has 0 amide bonds. The highest BCUT2D eigenvalue weighted by molar-refractivity contribution is 5.40. The van der Waals surface area contributed by atoms with Gasteiger partial charge < -0.3 is 5.32 Å². The summed E-state index contributed by atoms with van der Waals surface area (Å²) in [5, 5.41) is 7.93. The van der Waals surface area contributed by atoms with Crippen molar-refractivity contribution in [2.45, 2.75) is 40.0 Å². The molecule has 0 spiro atoms. The SMILES string of the molecule is CCCNc1cccc(-n2nc(CC)cc2CC)n1. The first kappa shape index (κ1) is 13.6. The van der Waals surface area contributed by atoms with Crippen LogP contribution < -0.4 is 5.32 Å². The van der Waals surface area contributed by atoms with Gasteiger partial charge in [0.15, 0.2) is 5.82 Å². The second-order valence-electron chi connectivity index (χ2n) is 4.55. The van der Waals surface area contributed by atoms with Gasteiger partial charge >= 0.3 is 0 Å². The van der Waals surface area contributed by atoms with Crippen LogP contribution in [0.2, 0.25) is 0 Å². The van der Waals surface area contributed by atoms with Gasteiger partial charge in [-0.15, -0.1) is 0 Å². The van der Waals surface area contributed by atoms with Crippen LogP contribution >= 0.6 is 0 Å². The second kappa shape index (κ2) is 6.36. The molecule has 0 aromatic carbocycles. The highest BCUT2D eigenvalue weighted by atomic mass is 15.3. The van der Waals surface area contributed by atoms with Crippen LogP contribution in [-0.2, 0) is 12.8 Å². The molecule has 0 fully saturated rings. The van der Waals surface area contributed by atoms with Crippen molar-refractivity contribution in [3.8, 4) is 5.82 Å². The number of hydrogen-bond donors (Lipinski definition) is 1. The Kier molecular flexibility index (Phi) is 4.55. The monoisotopic (exact) mass is 258 g/mol. The summed E-state index contributed by atoms with van der Waals surface area (Å²) >= 11 is 0. The number of rotatable bonds is 6. The fourth-order valence-corrected chi connectivity index (χ4v) is 1.99. The van der Waals surface area contributed by atoms with Crippen LogP contribution in [0.25, 0.3) is 5.82 Å². The first-order chi connectivity index (χ1) is 9.28. The van der Waals surface area contributed by atoms with E-state index in [1.54, 1.807) is 0 Å². The number of aromatic nitrogens is 3. The molecule has 0 bridgehead atoms. The lowest BCUT2D eigenvalue weighted by molar-refractivity contribution is 0.772. The molecule has 2 heterocycles. The molecule has 0 saturated carbocycles. The zero-order chi connectivity index (χ0) is 13.7. The van der Waals surface area contributed by atoms with Crippen molar-refractivity contribution in [1.29, 1.82) is 0 Å². The van der Waals surface area contributed by atoms with Crippen molar-refractivity contribution in [1.82, 2.24) is 14.8 Å². The minimum absolute atomic E-state index is 0.887. The van der Waals surface area contributed by atoms with Crippen molar-refractivity contribution in [2.24, 2.45) is 0 Å². The maximum absolute atomic E-state index is 4.63. The Morgan fingerprint density at radius 1 is 1.16 bits per heavy atom. The molecule has 102 valence electrons. The molecule has 4 heteroatoms. The highest BCUT2D eigenvalue weighted by Crippen LogP contribution is 2.14. The molecule has 2 rings (SSSR count). The third-order valence-corrected chi connectivity index (χ3v) is 3.07. The molecule has 0 aliphatic carbocycles. The summed E-state index contributed by atoms with van der Waals surface area (Å²) in [5.74, 6) is 1.80. The maximum atomic E-state index is 4.63. The van der Waals surface area contributed by atoms with Crippen LogP contribution in [0, 0.1) is 0 Å². The Morgan fingerprint density at radius 3 is 2.68 bits per heavy atom. The molecule has 0 atom stereocenters. The Morgan fingerprint density at radius 2 is 2.00 bits per heavy atom. The van der Waals surface area contributed by atoms with Crippen molar-refractivity contribution in [3.63, 3.8) is 0 Å². The number of nitrogens with one attached hydrogen (secondary N) is 1. The summed E-state index contributed by atoms with van der Waals surface area (Å²) in [7, 11) is 0. The van der Waals surface area contributed by atoms with E-state index in [-0.39, 0.29) is 0 Å². The predicted molar refractivity (Wildman–Crippen MR) is 78.9 cm³/mol. The van der Waals surface area contributed by atoms with Crippen LogP contribution in [0.3, 0.4) is 0 Å². The van der Waals surface area contributed by atoms with E-state index in [1.165, 1.54) is 5.69 Å². The van der Waals surface area contributed by atoms with Gasteiger partial charge in [-0.25, -0.2) is 9.67 Å². The number of aryl methyl sites for hydroxylation is 2. The molecule has 0 radical (unpaired) electrons. The summed E-state index contributed by atoms with van der Waals surface area (Å²) in [6.07, 6.45) is 3.00. The van der Waals surface area contributed by atoms with Crippen LogP contribution in [0.15, 0.2) is 24.3 Å². The van der Waals surface area contributed by atoms with Gasteiger partial charge in [0.2, 0.25) is 0 Å². The molecule has 19 heavy (non-hydrogen) atoms. The molecule has 0 aliphatic rings. The molecular weight excluding hydrogens is 236 g/mol. The van der Waals surface area contributed by atoms with Crippen LogP contribution in [0.1, 0.15) is 38.6 Å². The molecule has 0 aliphatic heterocycles. The zero-order valence-electron chi connectivity index (χ0n) is 12.0. The average Bonchev–Trinajstić information content (AvgIpc) is 2.89. The van der Waals surface area contributed by atoms with Crippen molar-refractivity contribution < 1.29 is 0 Å². The maximum Gasteiger partial charge on any atom is 0.156 e. The quantitative estimate of drug-likeness (QED) is 0.865.